The van der Waals surface area contributed by atoms with Gasteiger partial charge in [-0.2, -0.15) is 0 Å². The van der Waals surface area contributed by atoms with Gasteiger partial charge in [0.05, 0.1) is 0 Å². The summed E-state index contributed by atoms with van der Waals surface area (Å²) in [5, 5.41) is 8.87. The molecule has 1 N–H and O–H groups in total. The van der Waals surface area contributed by atoms with Crippen molar-refractivity contribution in [3.63, 3.8) is 0 Å². The van der Waals surface area contributed by atoms with Crippen LogP contribution in [0.4, 0.5) is 0 Å². The highest BCUT2D eigenvalue weighted by Crippen LogP contribution is 2.46. The number of carboxylic acids is 1. The molecule has 0 amide bonds. The molecular formula is C12H20O2. The molecule has 0 heterocycles. The zero-order valence-corrected chi connectivity index (χ0v) is 9.34. The van der Waals surface area contributed by atoms with Gasteiger partial charge in [-0.1, -0.05) is 32.8 Å². The summed E-state index contributed by atoms with van der Waals surface area (Å²) in [5.74, 6) is -0.240. The molecular weight excluding hydrogens is 176 g/mol. The van der Waals surface area contributed by atoms with Gasteiger partial charge in [0.2, 0.25) is 0 Å². The third kappa shape index (κ3) is 2.17. The summed E-state index contributed by atoms with van der Waals surface area (Å²) >= 11 is 0. The first-order valence-electron chi connectivity index (χ1n) is 5.41. The van der Waals surface area contributed by atoms with Gasteiger partial charge in [-0.05, 0) is 31.1 Å². The van der Waals surface area contributed by atoms with Crippen LogP contribution in [-0.2, 0) is 4.79 Å². The van der Waals surface area contributed by atoms with Crippen molar-refractivity contribution in [1.82, 2.24) is 0 Å². The summed E-state index contributed by atoms with van der Waals surface area (Å²) in [7, 11) is 0. The first-order valence-corrected chi connectivity index (χ1v) is 5.41. The minimum absolute atomic E-state index is 0.155. The number of carboxylic acid groups (broad SMARTS) is 1. The minimum Gasteiger partial charge on any atom is -0.478 e. The normalized spacial score (nSPS) is 21.6. The molecule has 1 fully saturated rings. The number of carbonyl (C=O) groups is 1. The lowest BCUT2D eigenvalue weighted by molar-refractivity contribution is -0.132. The average Bonchev–Trinajstić information content (AvgIpc) is 2.53. The molecule has 2 nitrogen and oxygen atoms in total. The van der Waals surface area contributed by atoms with Gasteiger partial charge < -0.3 is 5.11 Å². The number of aliphatic carboxylic acids is 1. The van der Waals surface area contributed by atoms with Crippen molar-refractivity contribution in [1.29, 1.82) is 0 Å². The molecule has 80 valence electrons. The molecule has 0 saturated heterocycles. The number of hydrogen-bond donors (Lipinski definition) is 1. The van der Waals surface area contributed by atoms with Crippen molar-refractivity contribution in [2.24, 2.45) is 11.3 Å². The number of allylic oxidation sites excluding steroid dienone is 1. The van der Waals surface area contributed by atoms with Crippen LogP contribution in [0.25, 0.3) is 0 Å². The predicted octanol–water partition coefficient (Wildman–Crippen LogP) is 3.23. The van der Waals surface area contributed by atoms with Crippen molar-refractivity contribution >= 4 is 5.97 Å². The van der Waals surface area contributed by atoms with E-state index in [1.807, 2.05) is 6.08 Å². The lowest BCUT2D eigenvalue weighted by atomic mass is 9.74. The van der Waals surface area contributed by atoms with Crippen LogP contribution >= 0.6 is 0 Å². The maximum absolute atomic E-state index is 10.8. The molecule has 0 bridgehead atoms. The quantitative estimate of drug-likeness (QED) is 0.703. The molecule has 0 radical (unpaired) electrons. The Morgan fingerprint density at radius 1 is 1.36 bits per heavy atom. The second-order valence-corrected chi connectivity index (χ2v) is 4.73. The summed E-state index contributed by atoms with van der Waals surface area (Å²) in [6.07, 6.45) is 6.76. The molecule has 0 atom stereocenters. The van der Waals surface area contributed by atoms with Gasteiger partial charge >= 0.3 is 5.97 Å². The summed E-state index contributed by atoms with van der Waals surface area (Å²) in [6, 6.07) is 0. The van der Waals surface area contributed by atoms with Gasteiger partial charge in [0.1, 0.15) is 0 Å². The van der Waals surface area contributed by atoms with Gasteiger partial charge in [-0.3, -0.25) is 0 Å². The molecule has 2 heteroatoms. The zero-order chi connectivity index (χ0) is 10.8. The van der Waals surface area contributed by atoms with E-state index in [0.717, 1.165) is 12.8 Å². The average molecular weight is 196 g/mol. The maximum atomic E-state index is 10.8. The van der Waals surface area contributed by atoms with E-state index in [-0.39, 0.29) is 5.41 Å². The fraction of sp³-hybridized carbons (Fsp3) is 0.750. The first kappa shape index (κ1) is 11.3. The van der Waals surface area contributed by atoms with E-state index >= 15 is 0 Å². The highest BCUT2D eigenvalue weighted by Gasteiger charge is 2.35. The van der Waals surface area contributed by atoms with E-state index in [2.05, 4.69) is 13.8 Å². The molecule has 0 aromatic rings. The molecule has 14 heavy (non-hydrogen) atoms. The molecule has 0 unspecified atom stereocenters. The third-order valence-electron chi connectivity index (χ3n) is 3.53. The highest BCUT2D eigenvalue weighted by molar-refractivity contribution is 5.85. The molecule has 1 aliphatic rings. The Morgan fingerprint density at radius 2 is 1.86 bits per heavy atom. The zero-order valence-electron chi connectivity index (χ0n) is 9.34. The summed E-state index contributed by atoms with van der Waals surface area (Å²) in [6.45, 7) is 6.08. The Labute approximate surface area is 86.0 Å². The van der Waals surface area contributed by atoms with E-state index in [1.165, 1.54) is 12.8 Å². The van der Waals surface area contributed by atoms with Crippen molar-refractivity contribution < 1.29 is 9.90 Å². The summed E-state index contributed by atoms with van der Waals surface area (Å²) < 4.78 is 0. The van der Waals surface area contributed by atoms with Crippen molar-refractivity contribution in [3.8, 4) is 0 Å². The number of rotatable bonds is 3. The van der Waals surface area contributed by atoms with Gasteiger partial charge in [0.15, 0.2) is 0 Å². The van der Waals surface area contributed by atoms with Crippen LogP contribution in [0.5, 0.6) is 0 Å². The van der Waals surface area contributed by atoms with Gasteiger partial charge in [0, 0.05) is 5.57 Å². The lowest BCUT2D eigenvalue weighted by Crippen LogP contribution is -2.22. The van der Waals surface area contributed by atoms with Gasteiger partial charge in [-0.15, -0.1) is 0 Å². The van der Waals surface area contributed by atoms with Crippen LogP contribution in [0.3, 0.4) is 0 Å². The lowest BCUT2D eigenvalue weighted by Gasteiger charge is -2.30. The van der Waals surface area contributed by atoms with E-state index < -0.39 is 5.97 Å². The van der Waals surface area contributed by atoms with E-state index in [1.54, 1.807) is 6.92 Å². The van der Waals surface area contributed by atoms with Crippen LogP contribution in [0.1, 0.15) is 46.5 Å². The van der Waals surface area contributed by atoms with Crippen LogP contribution in [0, 0.1) is 11.3 Å². The van der Waals surface area contributed by atoms with Gasteiger partial charge in [0.25, 0.3) is 0 Å². The molecule has 0 aromatic carbocycles. The highest BCUT2D eigenvalue weighted by atomic mass is 16.4. The molecule has 0 aromatic heterocycles. The topological polar surface area (TPSA) is 37.3 Å². The smallest absolute Gasteiger partial charge is 0.330 e. The molecule has 0 aliphatic heterocycles. The second-order valence-electron chi connectivity index (χ2n) is 4.73. The summed E-state index contributed by atoms with van der Waals surface area (Å²) in [5.41, 5.74) is 0.656. The Balaban J connectivity index is 2.89. The Kier molecular flexibility index (Phi) is 3.35. The van der Waals surface area contributed by atoms with E-state index in [0.29, 0.717) is 11.5 Å². The molecule has 1 saturated carbocycles. The van der Waals surface area contributed by atoms with Crippen molar-refractivity contribution in [2.45, 2.75) is 46.5 Å². The van der Waals surface area contributed by atoms with Gasteiger partial charge in [-0.25, -0.2) is 4.79 Å². The van der Waals surface area contributed by atoms with Crippen LogP contribution < -0.4 is 0 Å². The standard InChI is InChI=1S/C12H20O2/c1-9(2)12(6-4-5-7-12)8-10(3)11(13)14/h8-9H,4-7H2,1-3H3,(H,13,14)/b10-8+. The largest absolute Gasteiger partial charge is 0.478 e. The fourth-order valence-corrected chi connectivity index (χ4v) is 2.41. The minimum atomic E-state index is -0.781. The van der Waals surface area contributed by atoms with Crippen LogP contribution in [0.15, 0.2) is 11.6 Å². The Morgan fingerprint density at radius 3 is 2.21 bits per heavy atom. The van der Waals surface area contributed by atoms with Crippen molar-refractivity contribution in [2.75, 3.05) is 0 Å². The van der Waals surface area contributed by atoms with E-state index in [4.69, 9.17) is 5.11 Å². The summed E-state index contributed by atoms with van der Waals surface area (Å²) in [4.78, 5) is 10.8. The SMILES string of the molecule is C/C(=C\C1(C(C)C)CCCC1)C(=O)O. The fourth-order valence-electron chi connectivity index (χ4n) is 2.41. The Bertz CT molecular complexity index is 245. The van der Waals surface area contributed by atoms with E-state index in [9.17, 15) is 4.79 Å². The first-order chi connectivity index (χ1) is 6.48. The maximum Gasteiger partial charge on any atom is 0.330 e. The Hall–Kier alpha value is -0.790. The third-order valence-corrected chi connectivity index (χ3v) is 3.53. The molecule has 1 aliphatic carbocycles. The second kappa shape index (κ2) is 4.16. The number of hydrogen-bond acceptors (Lipinski definition) is 1. The van der Waals surface area contributed by atoms with Crippen LogP contribution in [0.2, 0.25) is 0 Å². The predicted molar refractivity (Wildman–Crippen MR) is 57.1 cm³/mol. The monoisotopic (exact) mass is 196 g/mol. The van der Waals surface area contributed by atoms with Crippen molar-refractivity contribution in [3.05, 3.63) is 11.6 Å². The molecule has 1 rings (SSSR count). The molecule has 0 spiro atoms. The van der Waals surface area contributed by atoms with Crippen LogP contribution in [-0.4, -0.2) is 11.1 Å².